The van der Waals surface area contributed by atoms with Gasteiger partial charge < -0.3 is 4.55 Å². The molecule has 0 unspecified atom stereocenters. The van der Waals surface area contributed by atoms with E-state index in [0.717, 1.165) is 18.2 Å². The molecule has 0 amide bonds. The van der Waals surface area contributed by atoms with E-state index in [1.807, 2.05) is 0 Å². The van der Waals surface area contributed by atoms with Crippen LogP contribution in [0, 0.1) is 5.82 Å². The van der Waals surface area contributed by atoms with Crippen LogP contribution in [0.5, 0.6) is 0 Å². The number of hydrogen-bond donors (Lipinski definition) is 0. The Kier molecular flexibility index (Phi) is 3.17. The van der Waals surface area contributed by atoms with Crippen molar-refractivity contribution in [3.8, 4) is 0 Å². The van der Waals surface area contributed by atoms with E-state index < -0.39 is 33.9 Å². The zero-order chi connectivity index (χ0) is 10.8. The van der Waals surface area contributed by atoms with Crippen LogP contribution in [0.3, 0.4) is 0 Å². The van der Waals surface area contributed by atoms with Crippen molar-refractivity contribution in [1.82, 2.24) is 0 Å². The quantitative estimate of drug-likeness (QED) is 0.721. The lowest BCUT2D eigenvalue weighted by atomic mass is 10.1. The normalized spacial score (nSPS) is 11.6. The van der Waals surface area contributed by atoms with Gasteiger partial charge in [-0.05, 0) is 12.1 Å². The molecule has 0 aliphatic rings. The number of benzene rings is 1. The van der Waals surface area contributed by atoms with E-state index in [2.05, 4.69) is 0 Å². The van der Waals surface area contributed by atoms with Crippen molar-refractivity contribution in [1.29, 1.82) is 0 Å². The lowest BCUT2D eigenvalue weighted by Crippen LogP contribution is -2.06. The minimum atomic E-state index is -4.73. The Morgan fingerprint density at radius 2 is 2.00 bits per heavy atom. The summed E-state index contributed by atoms with van der Waals surface area (Å²) in [7, 11) is -4.73. The van der Waals surface area contributed by atoms with Crippen LogP contribution < -0.4 is 0 Å². The zero-order valence-electron chi connectivity index (χ0n) is 7.04. The van der Waals surface area contributed by atoms with E-state index in [0.29, 0.717) is 0 Å². The molecule has 0 N–H and O–H groups in total. The van der Waals surface area contributed by atoms with Crippen LogP contribution in [0.2, 0.25) is 0 Å². The van der Waals surface area contributed by atoms with E-state index >= 15 is 0 Å². The van der Waals surface area contributed by atoms with Crippen molar-refractivity contribution in [3.05, 3.63) is 29.6 Å². The predicted molar refractivity (Wildman–Crippen MR) is 44.0 cm³/mol. The number of hydrogen-bond acceptors (Lipinski definition) is 3. The molecule has 3 nitrogen and oxygen atoms in total. The molecule has 6 heteroatoms. The highest BCUT2D eigenvalue weighted by Gasteiger charge is 2.12. The molecule has 1 aromatic rings. The van der Waals surface area contributed by atoms with Crippen LogP contribution in [0.15, 0.2) is 23.1 Å². The first-order valence-electron chi connectivity index (χ1n) is 3.76. The molecule has 0 fully saturated rings. The van der Waals surface area contributed by atoms with Gasteiger partial charge in [0, 0.05) is 12.0 Å². The summed E-state index contributed by atoms with van der Waals surface area (Å²) >= 11 is 0. The first kappa shape index (κ1) is 11.1. The minimum Gasteiger partial charge on any atom is -0.744 e. The highest BCUT2D eigenvalue weighted by Crippen LogP contribution is 2.19. The molecule has 0 atom stereocenters. The number of rotatable bonds is 3. The summed E-state index contributed by atoms with van der Waals surface area (Å²) in [5.74, 6) is -0.875. The van der Waals surface area contributed by atoms with Crippen LogP contribution in [-0.2, 0) is 16.5 Å². The Labute approximate surface area is 80.1 Å². The molecule has 78 valence electrons. The van der Waals surface area contributed by atoms with E-state index in [9.17, 15) is 21.8 Å². The van der Waals surface area contributed by atoms with Gasteiger partial charge >= 0.3 is 0 Å². The summed E-state index contributed by atoms with van der Waals surface area (Å²) in [6.07, 6.45) is -0.413. The molecular weight excluding hydrogens is 214 g/mol. The van der Waals surface area contributed by atoms with Gasteiger partial charge in [0.15, 0.2) is 0 Å². The maximum absolute atomic E-state index is 13.0. The summed E-state index contributed by atoms with van der Waals surface area (Å²) in [4.78, 5) is -0.685. The third-order valence-corrected chi connectivity index (χ3v) is 2.61. The Balaban J connectivity index is 3.36. The topological polar surface area (TPSA) is 57.2 Å². The van der Waals surface area contributed by atoms with Crippen LogP contribution in [0.1, 0.15) is 5.56 Å². The summed E-state index contributed by atoms with van der Waals surface area (Å²) in [5.41, 5.74) is -0.384. The van der Waals surface area contributed by atoms with Crippen LogP contribution in [0.25, 0.3) is 0 Å². The van der Waals surface area contributed by atoms with E-state index in [1.54, 1.807) is 0 Å². The van der Waals surface area contributed by atoms with Gasteiger partial charge in [0.05, 0.1) is 11.6 Å². The van der Waals surface area contributed by atoms with Gasteiger partial charge in [-0.1, -0.05) is 6.07 Å². The second kappa shape index (κ2) is 4.02. The molecule has 0 aliphatic heterocycles. The molecule has 0 heterocycles. The Hall–Kier alpha value is -1.01. The SMILES string of the molecule is O=S(=O)([O-])c1cccc(F)c1CCF. The van der Waals surface area contributed by atoms with Gasteiger partial charge in [-0.3, -0.25) is 4.39 Å². The van der Waals surface area contributed by atoms with Crippen molar-refractivity contribution in [3.63, 3.8) is 0 Å². The highest BCUT2D eigenvalue weighted by molar-refractivity contribution is 7.85. The fraction of sp³-hybridized carbons (Fsp3) is 0.250. The standard InChI is InChI=1S/C8H8F2O3S/c9-5-4-6-7(10)2-1-3-8(6)14(11,12)13/h1-3H,4-5H2,(H,11,12,13)/p-1. The van der Waals surface area contributed by atoms with Gasteiger partial charge in [-0.15, -0.1) is 0 Å². The molecule has 0 saturated heterocycles. The molecular formula is C8H7F2O3S-. The first-order valence-corrected chi connectivity index (χ1v) is 5.17. The van der Waals surface area contributed by atoms with Crippen molar-refractivity contribution in [2.75, 3.05) is 6.67 Å². The minimum absolute atomic E-state index is 0.384. The molecule has 0 bridgehead atoms. The van der Waals surface area contributed by atoms with Crippen LogP contribution >= 0.6 is 0 Å². The van der Waals surface area contributed by atoms with E-state index in [-0.39, 0.29) is 5.56 Å². The monoisotopic (exact) mass is 221 g/mol. The van der Waals surface area contributed by atoms with Crippen molar-refractivity contribution < 1.29 is 21.8 Å². The van der Waals surface area contributed by atoms with E-state index in [4.69, 9.17) is 0 Å². The Morgan fingerprint density at radius 1 is 1.36 bits per heavy atom. The molecule has 0 aliphatic carbocycles. The molecule has 0 spiro atoms. The van der Waals surface area contributed by atoms with Gasteiger partial charge in [-0.2, -0.15) is 0 Å². The molecule has 0 radical (unpaired) electrons. The lowest BCUT2D eigenvalue weighted by molar-refractivity contribution is 0.454. The second-order valence-electron chi connectivity index (χ2n) is 2.61. The largest absolute Gasteiger partial charge is 0.744 e. The van der Waals surface area contributed by atoms with Crippen LogP contribution in [0.4, 0.5) is 8.78 Å². The second-order valence-corrected chi connectivity index (χ2v) is 3.96. The number of alkyl halides is 1. The summed E-state index contributed by atoms with van der Waals surface area (Å²) < 4.78 is 56.9. The summed E-state index contributed by atoms with van der Waals surface area (Å²) in [6, 6.07) is 3.05. The molecule has 0 aromatic heterocycles. The van der Waals surface area contributed by atoms with Gasteiger partial charge in [-0.25, -0.2) is 12.8 Å². The fourth-order valence-electron chi connectivity index (χ4n) is 1.11. The smallest absolute Gasteiger partial charge is 0.127 e. The van der Waals surface area contributed by atoms with Crippen molar-refractivity contribution in [2.45, 2.75) is 11.3 Å². The van der Waals surface area contributed by atoms with Gasteiger partial charge in [0.2, 0.25) is 0 Å². The molecule has 1 rings (SSSR count). The van der Waals surface area contributed by atoms with Crippen molar-refractivity contribution >= 4 is 10.1 Å². The summed E-state index contributed by atoms with van der Waals surface area (Å²) in [6.45, 7) is -0.913. The molecule has 14 heavy (non-hydrogen) atoms. The fourth-order valence-corrected chi connectivity index (χ4v) is 1.86. The van der Waals surface area contributed by atoms with Gasteiger partial charge in [0.1, 0.15) is 15.9 Å². The zero-order valence-corrected chi connectivity index (χ0v) is 7.85. The third kappa shape index (κ3) is 2.27. The van der Waals surface area contributed by atoms with Crippen LogP contribution in [-0.4, -0.2) is 19.6 Å². The Bertz CT molecular complexity index is 428. The average molecular weight is 221 g/mol. The first-order chi connectivity index (χ1) is 6.46. The molecule has 0 saturated carbocycles. The van der Waals surface area contributed by atoms with E-state index in [1.165, 1.54) is 0 Å². The molecule has 1 aromatic carbocycles. The highest BCUT2D eigenvalue weighted by atomic mass is 32.2. The predicted octanol–water partition coefficient (Wildman–Crippen LogP) is 1.24. The Morgan fingerprint density at radius 3 is 2.50 bits per heavy atom. The maximum Gasteiger partial charge on any atom is 0.127 e. The average Bonchev–Trinajstić information content (AvgIpc) is 2.07. The number of halogens is 2. The van der Waals surface area contributed by atoms with Crippen molar-refractivity contribution in [2.24, 2.45) is 0 Å². The summed E-state index contributed by atoms with van der Waals surface area (Å²) in [5, 5.41) is 0. The van der Waals surface area contributed by atoms with Gasteiger partial charge in [0.25, 0.3) is 0 Å². The third-order valence-electron chi connectivity index (χ3n) is 1.69. The maximum atomic E-state index is 13.0. The lowest BCUT2D eigenvalue weighted by Gasteiger charge is -2.12.